The van der Waals surface area contributed by atoms with Gasteiger partial charge in [0.15, 0.2) is 0 Å². The van der Waals surface area contributed by atoms with Gasteiger partial charge in [-0.05, 0) is 30.0 Å². The van der Waals surface area contributed by atoms with Gasteiger partial charge in [0.05, 0.1) is 0 Å². The maximum absolute atomic E-state index is 6.06. The molecule has 2 rings (SSSR count). The Bertz CT molecular complexity index is 457. The maximum atomic E-state index is 6.06. The summed E-state index contributed by atoms with van der Waals surface area (Å²) in [6, 6.07) is 5.70. The minimum atomic E-state index is 0.343. The van der Waals surface area contributed by atoms with Crippen molar-refractivity contribution in [2.45, 2.75) is 20.3 Å². The number of rotatable bonds is 2. The number of halogens is 1. The SMILES string of the molecule is CC1(C)CCN(c2cc(Cl)ccc2C(N)=S)C1. The molecule has 1 heterocycles. The van der Waals surface area contributed by atoms with E-state index in [4.69, 9.17) is 29.6 Å². The molecule has 1 fully saturated rings. The molecule has 17 heavy (non-hydrogen) atoms. The summed E-state index contributed by atoms with van der Waals surface area (Å²) in [6.45, 7) is 6.60. The van der Waals surface area contributed by atoms with Crippen LogP contribution >= 0.6 is 23.8 Å². The second-order valence-electron chi connectivity index (χ2n) is 5.36. The monoisotopic (exact) mass is 268 g/mol. The zero-order chi connectivity index (χ0) is 12.6. The van der Waals surface area contributed by atoms with Crippen molar-refractivity contribution >= 4 is 34.5 Å². The van der Waals surface area contributed by atoms with Crippen LogP contribution in [0.15, 0.2) is 18.2 Å². The van der Waals surface area contributed by atoms with E-state index >= 15 is 0 Å². The van der Waals surface area contributed by atoms with Crippen LogP contribution in [0.5, 0.6) is 0 Å². The first-order valence-electron chi connectivity index (χ1n) is 5.73. The fourth-order valence-corrected chi connectivity index (χ4v) is 2.63. The minimum Gasteiger partial charge on any atom is -0.389 e. The Labute approximate surface area is 113 Å². The van der Waals surface area contributed by atoms with Crippen LogP contribution in [-0.4, -0.2) is 18.1 Å². The normalized spacial score (nSPS) is 18.4. The van der Waals surface area contributed by atoms with Crippen LogP contribution in [0.25, 0.3) is 0 Å². The summed E-state index contributed by atoms with van der Waals surface area (Å²) in [4.78, 5) is 2.75. The summed E-state index contributed by atoms with van der Waals surface area (Å²) >= 11 is 11.2. The van der Waals surface area contributed by atoms with Gasteiger partial charge in [-0.1, -0.05) is 37.7 Å². The molecule has 0 radical (unpaired) electrons. The Morgan fingerprint density at radius 1 is 1.47 bits per heavy atom. The van der Waals surface area contributed by atoms with E-state index in [1.165, 1.54) is 6.42 Å². The number of anilines is 1. The van der Waals surface area contributed by atoms with Crippen molar-refractivity contribution in [1.29, 1.82) is 0 Å². The van der Waals surface area contributed by atoms with Crippen molar-refractivity contribution in [2.75, 3.05) is 18.0 Å². The maximum Gasteiger partial charge on any atom is 0.106 e. The molecule has 0 unspecified atom stereocenters. The van der Waals surface area contributed by atoms with Gasteiger partial charge in [-0.15, -0.1) is 0 Å². The summed E-state index contributed by atoms with van der Waals surface area (Å²) in [5.74, 6) is 0. The fraction of sp³-hybridized carbons (Fsp3) is 0.462. The van der Waals surface area contributed by atoms with E-state index in [1.807, 2.05) is 18.2 Å². The van der Waals surface area contributed by atoms with Gasteiger partial charge in [0, 0.05) is 29.4 Å². The third-order valence-electron chi connectivity index (χ3n) is 3.24. The highest BCUT2D eigenvalue weighted by molar-refractivity contribution is 7.80. The lowest BCUT2D eigenvalue weighted by Crippen LogP contribution is -2.25. The summed E-state index contributed by atoms with van der Waals surface area (Å²) in [5, 5.41) is 0.727. The van der Waals surface area contributed by atoms with Crippen LogP contribution in [0.3, 0.4) is 0 Å². The van der Waals surface area contributed by atoms with Crippen LogP contribution < -0.4 is 10.6 Å². The highest BCUT2D eigenvalue weighted by Gasteiger charge is 2.30. The zero-order valence-electron chi connectivity index (χ0n) is 10.2. The van der Waals surface area contributed by atoms with Gasteiger partial charge in [-0.25, -0.2) is 0 Å². The Morgan fingerprint density at radius 2 is 2.18 bits per heavy atom. The molecule has 2 N–H and O–H groups in total. The third kappa shape index (κ3) is 2.72. The van der Waals surface area contributed by atoms with Crippen LogP contribution in [0.4, 0.5) is 5.69 Å². The summed E-state index contributed by atoms with van der Waals surface area (Å²) in [7, 11) is 0. The molecule has 0 bridgehead atoms. The topological polar surface area (TPSA) is 29.3 Å². The van der Waals surface area contributed by atoms with E-state index in [1.54, 1.807) is 0 Å². The van der Waals surface area contributed by atoms with Crippen molar-refractivity contribution in [2.24, 2.45) is 11.1 Å². The lowest BCUT2D eigenvalue weighted by atomic mass is 9.93. The molecule has 0 aliphatic carbocycles. The smallest absolute Gasteiger partial charge is 0.106 e. The van der Waals surface area contributed by atoms with Crippen LogP contribution in [0, 0.1) is 5.41 Å². The molecular weight excluding hydrogens is 252 g/mol. The second-order valence-corrected chi connectivity index (χ2v) is 6.24. The van der Waals surface area contributed by atoms with Gasteiger partial charge >= 0.3 is 0 Å². The number of hydrogen-bond acceptors (Lipinski definition) is 2. The molecule has 2 nitrogen and oxygen atoms in total. The molecule has 92 valence electrons. The molecule has 0 spiro atoms. The molecule has 0 atom stereocenters. The molecule has 1 aliphatic rings. The van der Waals surface area contributed by atoms with Crippen LogP contribution in [0.2, 0.25) is 5.02 Å². The predicted octanol–water partition coefficient (Wildman–Crippen LogP) is 3.21. The molecule has 1 aliphatic heterocycles. The van der Waals surface area contributed by atoms with Gasteiger partial charge < -0.3 is 10.6 Å². The van der Waals surface area contributed by atoms with Crippen molar-refractivity contribution in [3.05, 3.63) is 28.8 Å². The number of thiocarbonyl (C=S) groups is 1. The van der Waals surface area contributed by atoms with Crippen molar-refractivity contribution in [3.63, 3.8) is 0 Å². The molecule has 4 heteroatoms. The first-order chi connectivity index (χ1) is 7.89. The van der Waals surface area contributed by atoms with E-state index < -0.39 is 0 Å². The lowest BCUT2D eigenvalue weighted by Gasteiger charge is -2.24. The molecular formula is C13H17ClN2S. The van der Waals surface area contributed by atoms with Crippen LogP contribution in [-0.2, 0) is 0 Å². The van der Waals surface area contributed by atoms with Gasteiger partial charge in [0.1, 0.15) is 4.99 Å². The average molecular weight is 269 g/mol. The Morgan fingerprint density at radius 3 is 2.71 bits per heavy atom. The van der Waals surface area contributed by atoms with E-state index in [0.717, 1.165) is 29.4 Å². The van der Waals surface area contributed by atoms with E-state index in [2.05, 4.69) is 18.7 Å². The van der Waals surface area contributed by atoms with Crippen molar-refractivity contribution < 1.29 is 0 Å². The van der Waals surface area contributed by atoms with Crippen molar-refractivity contribution in [3.8, 4) is 0 Å². The molecule has 1 aromatic carbocycles. The lowest BCUT2D eigenvalue weighted by molar-refractivity contribution is 0.418. The van der Waals surface area contributed by atoms with Gasteiger partial charge in [-0.2, -0.15) is 0 Å². The molecule has 1 aromatic rings. The predicted molar refractivity (Wildman–Crippen MR) is 78.0 cm³/mol. The highest BCUT2D eigenvalue weighted by atomic mass is 35.5. The fourth-order valence-electron chi connectivity index (χ4n) is 2.29. The van der Waals surface area contributed by atoms with Gasteiger partial charge in [-0.3, -0.25) is 0 Å². The molecule has 0 amide bonds. The zero-order valence-corrected chi connectivity index (χ0v) is 11.7. The highest BCUT2D eigenvalue weighted by Crippen LogP contribution is 2.35. The Hall–Kier alpha value is -0.800. The van der Waals surface area contributed by atoms with Crippen LogP contribution in [0.1, 0.15) is 25.8 Å². The van der Waals surface area contributed by atoms with E-state index in [0.29, 0.717) is 10.4 Å². The largest absolute Gasteiger partial charge is 0.389 e. The first kappa shape index (κ1) is 12.7. The van der Waals surface area contributed by atoms with Crippen molar-refractivity contribution in [1.82, 2.24) is 0 Å². The van der Waals surface area contributed by atoms with E-state index in [-0.39, 0.29) is 0 Å². The number of nitrogens with zero attached hydrogens (tertiary/aromatic N) is 1. The average Bonchev–Trinajstić information content (AvgIpc) is 2.58. The second kappa shape index (κ2) is 4.46. The Balaban J connectivity index is 2.38. The van der Waals surface area contributed by atoms with E-state index in [9.17, 15) is 0 Å². The summed E-state index contributed by atoms with van der Waals surface area (Å²) < 4.78 is 0. The number of benzene rings is 1. The summed E-state index contributed by atoms with van der Waals surface area (Å²) in [5.41, 5.74) is 8.09. The first-order valence-corrected chi connectivity index (χ1v) is 6.52. The Kier molecular flexibility index (Phi) is 3.32. The number of nitrogens with two attached hydrogens (primary N) is 1. The third-order valence-corrected chi connectivity index (χ3v) is 3.70. The molecule has 0 saturated carbocycles. The summed E-state index contributed by atoms with van der Waals surface area (Å²) in [6.07, 6.45) is 1.18. The molecule has 1 saturated heterocycles. The standard InChI is InChI=1S/C13H17ClN2S/c1-13(2)5-6-16(8-13)11-7-9(14)3-4-10(11)12(15)17/h3-4,7H,5-6,8H2,1-2H3,(H2,15,17). The van der Waals surface area contributed by atoms with Gasteiger partial charge in [0.2, 0.25) is 0 Å². The van der Waals surface area contributed by atoms with Gasteiger partial charge in [0.25, 0.3) is 0 Å². The minimum absolute atomic E-state index is 0.343. The molecule has 0 aromatic heterocycles. The number of hydrogen-bond donors (Lipinski definition) is 1. The quantitative estimate of drug-likeness (QED) is 0.836.